The van der Waals surface area contributed by atoms with Gasteiger partial charge in [0.2, 0.25) is 0 Å². The van der Waals surface area contributed by atoms with Crippen molar-refractivity contribution in [1.82, 2.24) is 0 Å². The Morgan fingerprint density at radius 3 is 1.48 bits per heavy atom. The first kappa shape index (κ1) is 38.7. The fraction of sp³-hybridized carbons (Fsp3) is 0.0154. The van der Waals surface area contributed by atoms with E-state index in [1.54, 1.807) is 0 Å². The molecular formula is C65H43NO. The molecule has 1 heterocycles. The number of rotatable bonds is 8. The number of nitrogens with zero attached hydrogens (tertiary/aromatic N) is 1. The van der Waals surface area contributed by atoms with Gasteiger partial charge in [-0.2, -0.15) is 0 Å². The van der Waals surface area contributed by atoms with Crippen LogP contribution >= 0.6 is 0 Å². The van der Waals surface area contributed by atoms with Crippen molar-refractivity contribution in [1.29, 1.82) is 0 Å². The lowest BCUT2D eigenvalue weighted by Gasteiger charge is -2.35. The van der Waals surface area contributed by atoms with Crippen LogP contribution in [0.15, 0.2) is 265 Å². The molecule has 11 aromatic carbocycles. The molecule has 13 rings (SSSR count). The van der Waals surface area contributed by atoms with Gasteiger partial charge in [-0.05, 0) is 114 Å². The molecule has 0 spiro atoms. The maximum absolute atomic E-state index is 7.14. The molecule has 0 aliphatic heterocycles. The molecule has 67 heavy (non-hydrogen) atoms. The molecule has 1 aliphatic carbocycles. The van der Waals surface area contributed by atoms with Crippen LogP contribution in [0.2, 0.25) is 0 Å². The topological polar surface area (TPSA) is 16.4 Å². The Morgan fingerprint density at radius 1 is 0.313 bits per heavy atom. The van der Waals surface area contributed by atoms with Crippen LogP contribution in [0.1, 0.15) is 22.3 Å². The normalized spacial score (nSPS) is 12.6. The summed E-state index contributed by atoms with van der Waals surface area (Å²) in [6.45, 7) is 0. The maximum Gasteiger partial charge on any atom is 0.143 e. The van der Waals surface area contributed by atoms with Crippen LogP contribution in [0.3, 0.4) is 0 Å². The van der Waals surface area contributed by atoms with Gasteiger partial charge in [0, 0.05) is 39.5 Å². The van der Waals surface area contributed by atoms with Crippen molar-refractivity contribution >= 4 is 49.8 Å². The van der Waals surface area contributed by atoms with Crippen molar-refractivity contribution in [3.8, 4) is 44.5 Å². The molecule has 12 aromatic rings. The summed E-state index contributed by atoms with van der Waals surface area (Å²) >= 11 is 0. The van der Waals surface area contributed by atoms with Crippen LogP contribution in [0, 0.1) is 0 Å². The lowest BCUT2D eigenvalue weighted by Crippen LogP contribution is -2.28. The second-order valence-electron chi connectivity index (χ2n) is 17.6. The van der Waals surface area contributed by atoms with Gasteiger partial charge in [-0.15, -0.1) is 0 Å². The average Bonchev–Trinajstić information content (AvgIpc) is 3.92. The summed E-state index contributed by atoms with van der Waals surface area (Å²) in [5.74, 6) is 0. The molecule has 0 saturated carbocycles. The van der Waals surface area contributed by atoms with Crippen LogP contribution in [-0.4, -0.2) is 0 Å². The molecule has 0 atom stereocenters. The highest BCUT2D eigenvalue weighted by Crippen LogP contribution is 2.57. The van der Waals surface area contributed by atoms with Crippen LogP contribution < -0.4 is 4.90 Å². The van der Waals surface area contributed by atoms with Gasteiger partial charge in [-0.1, -0.05) is 212 Å². The molecule has 0 bridgehead atoms. The van der Waals surface area contributed by atoms with E-state index >= 15 is 0 Å². The zero-order valence-corrected chi connectivity index (χ0v) is 36.7. The molecule has 0 amide bonds. The summed E-state index contributed by atoms with van der Waals surface area (Å²) in [6, 6.07) is 94.8. The fourth-order valence-electron chi connectivity index (χ4n) is 10.9. The van der Waals surface area contributed by atoms with Crippen molar-refractivity contribution in [3.63, 3.8) is 0 Å². The molecule has 0 unspecified atom stereocenters. The third kappa shape index (κ3) is 6.26. The van der Waals surface area contributed by atoms with Gasteiger partial charge < -0.3 is 9.32 Å². The van der Waals surface area contributed by atoms with Crippen molar-refractivity contribution in [2.24, 2.45) is 0 Å². The first-order valence-corrected chi connectivity index (χ1v) is 23.1. The maximum atomic E-state index is 7.14. The molecule has 2 heteroatoms. The highest BCUT2D eigenvalue weighted by atomic mass is 16.3. The Hall–Kier alpha value is -8.72. The molecule has 0 fully saturated rings. The number of anilines is 3. The largest absolute Gasteiger partial charge is 0.455 e. The van der Waals surface area contributed by atoms with E-state index in [0.717, 1.165) is 50.1 Å². The van der Waals surface area contributed by atoms with E-state index in [9.17, 15) is 0 Å². The SMILES string of the molecule is c1ccc(-c2ccc(-c3c4ccccc4cc4c3oc3cc(N(c5ccc(-c6ccccc6)cc5)c5ccc6c(c5)C(c5ccccc5)(c5ccccc5)c5ccccc5-6)ccc34)cc2)cc1. The summed E-state index contributed by atoms with van der Waals surface area (Å²) in [6.07, 6.45) is 0. The van der Waals surface area contributed by atoms with E-state index in [-0.39, 0.29) is 0 Å². The third-order valence-electron chi connectivity index (χ3n) is 13.9. The smallest absolute Gasteiger partial charge is 0.143 e. The molecule has 0 radical (unpaired) electrons. The first-order valence-electron chi connectivity index (χ1n) is 23.1. The van der Waals surface area contributed by atoms with E-state index in [0.29, 0.717) is 0 Å². The first-order chi connectivity index (χ1) is 33.2. The molecular weight excluding hydrogens is 811 g/mol. The second-order valence-corrected chi connectivity index (χ2v) is 17.6. The van der Waals surface area contributed by atoms with E-state index in [1.807, 2.05) is 0 Å². The number of hydrogen-bond donors (Lipinski definition) is 0. The van der Waals surface area contributed by atoms with Gasteiger partial charge in [0.05, 0.1) is 5.41 Å². The lowest BCUT2D eigenvalue weighted by atomic mass is 9.67. The Labute approximate surface area is 390 Å². The highest BCUT2D eigenvalue weighted by molar-refractivity contribution is 6.18. The van der Waals surface area contributed by atoms with Crippen molar-refractivity contribution < 1.29 is 4.42 Å². The molecule has 0 saturated heterocycles. The summed E-state index contributed by atoms with van der Waals surface area (Å²) in [4.78, 5) is 2.39. The minimum atomic E-state index is -0.534. The van der Waals surface area contributed by atoms with Gasteiger partial charge in [-0.3, -0.25) is 0 Å². The summed E-state index contributed by atoms with van der Waals surface area (Å²) < 4.78 is 7.14. The van der Waals surface area contributed by atoms with Crippen LogP contribution in [0.25, 0.3) is 77.2 Å². The van der Waals surface area contributed by atoms with Gasteiger partial charge in [0.15, 0.2) is 0 Å². The molecule has 1 aromatic heterocycles. The van der Waals surface area contributed by atoms with Crippen LogP contribution in [0.5, 0.6) is 0 Å². The predicted molar refractivity (Wildman–Crippen MR) is 280 cm³/mol. The highest BCUT2D eigenvalue weighted by Gasteiger charge is 2.46. The number of fused-ring (bicyclic) bond motifs is 7. The Bertz CT molecular complexity index is 3720. The van der Waals surface area contributed by atoms with E-state index in [2.05, 4.69) is 266 Å². The van der Waals surface area contributed by atoms with Gasteiger partial charge >= 0.3 is 0 Å². The number of benzene rings is 11. The van der Waals surface area contributed by atoms with Gasteiger partial charge in [-0.25, -0.2) is 0 Å². The van der Waals surface area contributed by atoms with Gasteiger partial charge in [0.25, 0.3) is 0 Å². The zero-order chi connectivity index (χ0) is 44.3. The molecule has 314 valence electrons. The van der Waals surface area contributed by atoms with E-state index < -0.39 is 5.41 Å². The number of furan rings is 1. The average molecular weight is 854 g/mol. The molecule has 1 aliphatic rings. The van der Waals surface area contributed by atoms with Crippen molar-refractivity contribution in [2.75, 3.05) is 4.90 Å². The van der Waals surface area contributed by atoms with E-state index in [4.69, 9.17) is 4.42 Å². The number of hydrogen-bond acceptors (Lipinski definition) is 2. The Balaban J connectivity index is 1.02. The van der Waals surface area contributed by atoms with Gasteiger partial charge in [0.1, 0.15) is 11.2 Å². The zero-order valence-electron chi connectivity index (χ0n) is 36.7. The molecule has 0 N–H and O–H groups in total. The van der Waals surface area contributed by atoms with E-state index in [1.165, 1.54) is 66.4 Å². The van der Waals surface area contributed by atoms with Crippen molar-refractivity contribution in [3.05, 3.63) is 283 Å². The summed E-state index contributed by atoms with van der Waals surface area (Å²) in [5, 5.41) is 4.54. The fourth-order valence-corrected chi connectivity index (χ4v) is 10.9. The van der Waals surface area contributed by atoms with Crippen molar-refractivity contribution in [2.45, 2.75) is 5.41 Å². The Kier molecular flexibility index (Phi) is 9.11. The Morgan fingerprint density at radius 2 is 0.806 bits per heavy atom. The minimum absolute atomic E-state index is 0.534. The predicted octanol–water partition coefficient (Wildman–Crippen LogP) is 17.6. The summed E-state index contributed by atoms with van der Waals surface area (Å²) in [5.41, 5.74) is 18.8. The summed E-state index contributed by atoms with van der Waals surface area (Å²) in [7, 11) is 0. The van der Waals surface area contributed by atoms with Crippen LogP contribution in [0.4, 0.5) is 17.1 Å². The lowest BCUT2D eigenvalue weighted by molar-refractivity contribution is 0.670. The quantitative estimate of drug-likeness (QED) is 0.151. The third-order valence-corrected chi connectivity index (χ3v) is 13.9. The standard InChI is InChI=1S/C65H43NO/c1-5-17-44(18-6-1)46-29-31-48(32-30-46)63-55-26-14-13-21-49(55)41-59-58-40-38-54(43-62(58)67-64(59)63)66(52-35-33-47(34-36-52)45-19-7-2-8-20-45)53-37-39-57-56-27-15-16-28-60(56)65(61(57)42-53,50-22-9-3-10-23-50)51-24-11-4-12-25-51/h1-43H. The second kappa shape index (κ2) is 15.8. The van der Waals surface area contributed by atoms with Crippen LogP contribution in [-0.2, 0) is 5.41 Å². The monoisotopic (exact) mass is 853 g/mol. The minimum Gasteiger partial charge on any atom is -0.455 e. The molecule has 2 nitrogen and oxygen atoms in total.